The van der Waals surface area contributed by atoms with Crippen LogP contribution in [0.1, 0.15) is 18.5 Å². The van der Waals surface area contributed by atoms with E-state index in [1.54, 1.807) is 6.20 Å². The number of aromatic nitrogens is 3. The number of carbonyl (C=O) groups excluding carboxylic acids is 2. The molecule has 18 heavy (non-hydrogen) atoms. The van der Waals surface area contributed by atoms with Crippen molar-refractivity contribution in [2.45, 2.75) is 32.0 Å². The number of amides is 2. The van der Waals surface area contributed by atoms with Gasteiger partial charge in [-0.15, -0.1) is 5.10 Å². The summed E-state index contributed by atoms with van der Waals surface area (Å²) >= 11 is 0. The van der Waals surface area contributed by atoms with Gasteiger partial charge >= 0.3 is 0 Å². The predicted octanol–water partition coefficient (Wildman–Crippen LogP) is -1.87. The van der Waals surface area contributed by atoms with Crippen LogP contribution in [0, 0.1) is 0 Å². The van der Waals surface area contributed by atoms with Gasteiger partial charge in [-0.2, -0.15) is 0 Å². The fourth-order valence-electron chi connectivity index (χ4n) is 1.78. The molecule has 2 amide bonds. The van der Waals surface area contributed by atoms with Crippen molar-refractivity contribution in [2.75, 3.05) is 6.54 Å². The van der Waals surface area contributed by atoms with Crippen molar-refractivity contribution in [3.63, 3.8) is 0 Å². The normalized spacial score (nSPS) is 18.7. The summed E-state index contributed by atoms with van der Waals surface area (Å²) in [6, 6.07) is 0.0387. The summed E-state index contributed by atoms with van der Waals surface area (Å²) < 4.78 is 1.44. The van der Waals surface area contributed by atoms with Crippen LogP contribution in [0.4, 0.5) is 0 Å². The first-order chi connectivity index (χ1) is 8.67. The average molecular weight is 252 g/mol. The van der Waals surface area contributed by atoms with E-state index in [2.05, 4.69) is 20.9 Å². The van der Waals surface area contributed by atoms with E-state index in [0.717, 1.165) is 6.42 Å². The lowest BCUT2D eigenvalue weighted by atomic mass is 10.2. The molecule has 8 heteroatoms. The maximum Gasteiger partial charge on any atom is 0.241 e. The summed E-state index contributed by atoms with van der Waals surface area (Å²) in [4.78, 5) is 22.6. The second kappa shape index (κ2) is 5.58. The van der Waals surface area contributed by atoms with E-state index < -0.39 is 0 Å². The zero-order valence-corrected chi connectivity index (χ0v) is 9.93. The van der Waals surface area contributed by atoms with E-state index >= 15 is 0 Å². The lowest BCUT2D eigenvalue weighted by molar-refractivity contribution is -0.122. The Labute approximate surface area is 104 Å². The molecule has 98 valence electrons. The molecule has 1 aliphatic heterocycles. The highest BCUT2D eigenvalue weighted by Gasteiger charge is 2.20. The van der Waals surface area contributed by atoms with E-state index in [-0.39, 0.29) is 24.4 Å². The molecular weight excluding hydrogens is 236 g/mol. The highest BCUT2D eigenvalue weighted by molar-refractivity contribution is 5.79. The quantitative estimate of drug-likeness (QED) is 0.568. The van der Waals surface area contributed by atoms with Gasteiger partial charge in [-0.25, -0.2) is 4.68 Å². The van der Waals surface area contributed by atoms with Crippen molar-refractivity contribution in [2.24, 2.45) is 5.73 Å². The summed E-state index contributed by atoms with van der Waals surface area (Å²) in [5.74, 6) is -0.122. The van der Waals surface area contributed by atoms with Crippen LogP contribution < -0.4 is 16.4 Å². The minimum absolute atomic E-state index is 0.0387. The summed E-state index contributed by atoms with van der Waals surface area (Å²) in [5.41, 5.74) is 6.04. The molecule has 1 aliphatic rings. The Morgan fingerprint density at radius 1 is 1.67 bits per heavy atom. The largest absolute Gasteiger partial charge is 0.352 e. The standard InChI is InChI=1S/C10H16N6O2/c11-3-8-5-16(15-14-8)6-10(18)12-4-7-1-2-9(17)13-7/h5,7H,1-4,6,11H2,(H,12,18)(H,13,17). The fraction of sp³-hybridized carbons (Fsp3) is 0.600. The van der Waals surface area contributed by atoms with Crippen LogP contribution in [0.15, 0.2) is 6.20 Å². The maximum atomic E-state index is 11.6. The molecule has 1 atom stereocenters. The first-order valence-corrected chi connectivity index (χ1v) is 5.82. The Kier molecular flexibility index (Phi) is 3.88. The van der Waals surface area contributed by atoms with Crippen molar-refractivity contribution in [3.05, 3.63) is 11.9 Å². The lowest BCUT2D eigenvalue weighted by Crippen LogP contribution is -2.39. The number of hydrogen-bond acceptors (Lipinski definition) is 5. The average Bonchev–Trinajstić information content (AvgIpc) is 2.95. The van der Waals surface area contributed by atoms with E-state index in [1.807, 2.05) is 0 Å². The third-order valence-corrected chi connectivity index (χ3v) is 2.73. The maximum absolute atomic E-state index is 11.6. The molecule has 8 nitrogen and oxygen atoms in total. The van der Waals surface area contributed by atoms with Crippen molar-refractivity contribution < 1.29 is 9.59 Å². The zero-order chi connectivity index (χ0) is 13.0. The van der Waals surface area contributed by atoms with Crippen LogP contribution in [0.25, 0.3) is 0 Å². The molecule has 0 spiro atoms. The summed E-state index contributed by atoms with van der Waals surface area (Å²) in [6.45, 7) is 0.854. The van der Waals surface area contributed by atoms with Gasteiger partial charge in [0, 0.05) is 25.6 Å². The minimum Gasteiger partial charge on any atom is -0.352 e. The van der Waals surface area contributed by atoms with Gasteiger partial charge in [0.1, 0.15) is 6.54 Å². The van der Waals surface area contributed by atoms with Crippen LogP contribution in [0.5, 0.6) is 0 Å². The molecule has 1 fully saturated rings. The third-order valence-electron chi connectivity index (χ3n) is 2.73. The number of nitrogens with two attached hydrogens (primary N) is 1. The second-order valence-corrected chi connectivity index (χ2v) is 4.22. The lowest BCUT2D eigenvalue weighted by Gasteiger charge is -2.10. The first-order valence-electron chi connectivity index (χ1n) is 5.82. The van der Waals surface area contributed by atoms with Gasteiger partial charge in [-0.3, -0.25) is 9.59 Å². The topological polar surface area (TPSA) is 115 Å². The Bertz CT molecular complexity index is 443. The predicted molar refractivity (Wildman–Crippen MR) is 62.1 cm³/mol. The van der Waals surface area contributed by atoms with Gasteiger partial charge in [0.05, 0.1) is 11.9 Å². The van der Waals surface area contributed by atoms with Gasteiger partial charge in [0.15, 0.2) is 0 Å². The molecule has 0 aliphatic carbocycles. The first kappa shape index (κ1) is 12.5. The van der Waals surface area contributed by atoms with Crippen molar-refractivity contribution in [1.82, 2.24) is 25.6 Å². The fourth-order valence-corrected chi connectivity index (χ4v) is 1.78. The summed E-state index contributed by atoms with van der Waals surface area (Å²) in [5, 5.41) is 13.1. The Morgan fingerprint density at radius 2 is 2.50 bits per heavy atom. The zero-order valence-electron chi connectivity index (χ0n) is 9.93. The summed E-state index contributed by atoms with van der Waals surface area (Å²) in [6.07, 6.45) is 2.93. The van der Waals surface area contributed by atoms with Gasteiger partial charge in [0.25, 0.3) is 0 Å². The minimum atomic E-state index is -0.162. The Morgan fingerprint density at radius 3 is 3.11 bits per heavy atom. The Balaban J connectivity index is 1.73. The van der Waals surface area contributed by atoms with Crippen LogP contribution >= 0.6 is 0 Å². The molecular formula is C10H16N6O2. The van der Waals surface area contributed by atoms with Gasteiger partial charge in [-0.05, 0) is 6.42 Å². The number of carbonyl (C=O) groups is 2. The molecule has 1 aromatic heterocycles. The SMILES string of the molecule is NCc1cn(CC(=O)NCC2CCC(=O)N2)nn1. The second-order valence-electron chi connectivity index (χ2n) is 4.22. The molecule has 0 bridgehead atoms. The number of nitrogens with zero attached hydrogens (tertiary/aromatic N) is 3. The molecule has 1 aromatic rings. The molecule has 4 N–H and O–H groups in total. The smallest absolute Gasteiger partial charge is 0.241 e. The van der Waals surface area contributed by atoms with E-state index in [4.69, 9.17) is 5.73 Å². The van der Waals surface area contributed by atoms with Crippen LogP contribution in [0.3, 0.4) is 0 Å². The molecule has 2 heterocycles. The number of hydrogen-bond donors (Lipinski definition) is 3. The van der Waals surface area contributed by atoms with Crippen LogP contribution in [-0.4, -0.2) is 39.4 Å². The van der Waals surface area contributed by atoms with E-state index in [9.17, 15) is 9.59 Å². The molecule has 0 aromatic carbocycles. The van der Waals surface area contributed by atoms with Crippen LogP contribution in [-0.2, 0) is 22.7 Å². The highest BCUT2D eigenvalue weighted by atomic mass is 16.2. The molecule has 0 saturated carbocycles. The molecule has 1 saturated heterocycles. The highest BCUT2D eigenvalue weighted by Crippen LogP contribution is 2.04. The van der Waals surface area contributed by atoms with Gasteiger partial charge < -0.3 is 16.4 Å². The summed E-state index contributed by atoms with van der Waals surface area (Å²) in [7, 11) is 0. The molecule has 1 unspecified atom stereocenters. The molecule has 0 radical (unpaired) electrons. The number of nitrogens with one attached hydrogen (secondary N) is 2. The van der Waals surface area contributed by atoms with Crippen molar-refractivity contribution >= 4 is 11.8 Å². The Hall–Kier alpha value is -1.96. The monoisotopic (exact) mass is 252 g/mol. The van der Waals surface area contributed by atoms with Crippen molar-refractivity contribution in [3.8, 4) is 0 Å². The van der Waals surface area contributed by atoms with Crippen molar-refractivity contribution in [1.29, 1.82) is 0 Å². The molecule has 2 rings (SSSR count). The van der Waals surface area contributed by atoms with E-state index in [1.165, 1.54) is 4.68 Å². The van der Waals surface area contributed by atoms with Crippen LogP contribution in [0.2, 0.25) is 0 Å². The third kappa shape index (κ3) is 3.27. The van der Waals surface area contributed by atoms with Gasteiger partial charge in [-0.1, -0.05) is 5.21 Å². The van der Waals surface area contributed by atoms with E-state index in [0.29, 0.717) is 25.2 Å². The number of rotatable bonds is 5. The van der Waals surface area contributed by atoms with Gasteiger partial charge in [0.2, 0.25) is 11.8 Å².